The SMILES string of the molecule is C=Cc1cc(CN(C)Cc2ccc(C(C)(C)C)cc2)ccc1C(=O)OCC. The zero-order valence-electron chi connectivity index (χ0n) is 17.2. The Bertz CT molecular complexity index is 785. The van der Waals surface area contributed by atoms with E-state index in [1.165, 1.54) is 11.1 Å². The molecule has 0 heterocycles. The Morgan fingerprint density at radius 1 is 1.07 bits per heavy atom. The van der Waals surface area contributed by atoms with E-state index >= 15 is 0 Å². The number of nitrogens with zero attached hydrogens (tertiary/aromatic N) is 1. The van der Waals surface area contributed by atoms with Crippen molar-refractivity contribution < 1.29 is 9.53 Å². The highest BCUT2D eigenvalue weighted by Gasteiger charge is 2.14. The van der Waals surface area contributed by atoms with Gasteiger partial charge in [-0.2, -0.15) is 0 Å². The number of carbonyl (C=O) groups excluding carboxylic acids is 1. The van der Waals surface area contributed by atoms with Gasteiger partial charge in [0.2, 0.25) is 0 Å². The normalized spacial score (nSPS) is 11.5. The molecule has 0 bridgehead atoms. The van der Waals surface area contributed by atoms with Gasteiger partial charge in [-0.3, -0.25) is 4.90 Å². The summed E-state index contributed by atoms with van der Waals surface area (Å²) in [5.74, 6) is -0.300. The summed E-state index contributed by atoms with van der Waals surface area (Å²) in [7, 11) is 2.10. The number of ether oxygens (including phenoxy) is 1. The summed E-state index contributed by atoms with van der Waals surface area (Å²) in [5, 5.41) is 0. The van der Waals surface area contributed by atoms with Crippen molar-refractivity contribution in [1.82, 2.24) is 4.90 Å². The van der Waals surface area contributed by atoms with Crippen LogP contribution in [0.4, 0.5) is 0 Å². The molecule has 3 nitrogen and oxygen atoms in total. The molecule has 2 aromatic rings. The third-order valence-electron chi connectivity index (χ3n) is 4.56. The molecule has 2 rings (SSSR count). The minimum Gasteiger partial charge on any atom is -0.462 e. The van der Waals surface area contributed by atoms with Crippen molar-refractivity contribution in [3.8, 4) is 0 Å². The largest absolute Gasteiger partial charge is 0.462 e. The molecule has 27 heavy (non-hydrogen) atoms. The van der Waals surface area contributed by atoms with E-state index in [0.29, 0.717) is 12.2 Å². The lowest BCUT2D eigenvalue weighted by molar-refractivity contribution is 0.0526. The lowest BCUT2D eigenvalue weighted by Crippen LogP contribution is -2.18. The van der Waals surface area contributed by atoms with Crippen LogP contribution < -0.4 is 0 Å². The first-order chi connectivity index (χ1) is 12.7. The molecule has 0 aliphatic carbocycles. The topological polar surface area (TPSA) is 29.5 Å². The zero-order valence-corrected chi connectivity index (χ0v) is 17.2. The van der Waals surface area contributed by atoms with Crippen molar-refractivity contribution in [2.75, 3.05) is 13.7 Å². The van der Waals surface area contributed by atoms with Gasteiger partial charge < -0.3 is 4.74 Å². The summed E-state index contributed by atoms with van der Waals surface area (Å²) < 4.78 is 5.11. The average molecular weight is 366 g/mol. The third kappa shape index (κ3) is 5.80. The van der Waals surface area contributed by atoms with Gasteiger partial charge >= 0.3 is 5.97 Å². The van der Waals surface area contributed by atoms with Crippen LogP contribution in [0.5, 0.6) is 0 Å². The van der Waals surface area contributed by atoms with Gasteiger partial charge in [0.05, 0.1) is 12.2 Å². The summed E-state index contributed by atoms with van der Waals surface area (Å²) in [4.78, 5) is 14.3. The monoisotopic (exact) mass is 365 g/mol. The number of hydrogen-bond donors (Lipinski definition) is 0. The number of carbonyl (C=O) groups is 1. The van der Waals surface area contributed by atoms with Crippen LogP contribution in [0.15, 0.2) is 49.0 Å². The number of hydrogen-bond acceptors (Lipinski definition) is 3. The second kappa shape index (κ2) is 9.01. The first kappa shape index (κ1) is 20.9. The van der Waals surface area contributed by atoms with Gasteiger partial charge in [-0.15, -0.1) is 0 Å². The third-order valence-corrected chi connectivity index (χ3v) is 4.56. The molecule has 0 fully saturated rings. The van der Waals surface area contributed by atoms with E-state index in [1.54, 1.807) is 6.08 Å². The van der Waals surface area contributed by atoms with Crippen LogP contribution in [0.1, 0.15) is 60.3 Å². The Morgan fingerprint density at radius 2 is 1.67 bits per heavy atom. The molecular weight excluding hydrogens is 334 g/mol. The van der Waals surface area contributed by atoms with Gasteiger partial charge in [0.25, 0.3) is 0 Å². The van der Waals surface area contributed by atoms with Crippen LogP contribution in [0.2, 0.25) is 0 Å². The van der Waals surface area contributed by atoms with Crippen LogP contribution in [0, 0.1) is 0 Å². The van der Waals surface area contributed by atoms with Gasteiger partial charge in [0, 0.05) is 13.1 Å². The second-order valence-corrected chi connectivity index (χ2v) is 7.97. The van der Waals surface area contributed by atoms with Crippen LogP contribution in [-0.2, 0) is 23.2 Å². The molecule has 144 valence electrons. The van der Waals surface area contributed by atoms with Crippen LogP contribution >= 0.6 is 0 Å². The average Bonchev–Trinajstić information content (AvgIpc) is 2.61. The first-order valence-corrected chi connectivity index (χ1v) is 9.45. The van der Waals surface area contributed by atoms with Crippen LogP contribution in [0.25, 0.3) is 6.08 Å². The molecule has 0 N–H and O–H groups in total. The Kier molecular flexibility index (Phi) is 6.98. The van der Waals surface area contributed by atoms with E-state index in [4.69, 9.17) is 4.74 Å². The number of esters is 1. The maximum absolute atomic E-state index is 12.0. The molecule has 0 aromatic heterocycles. The summed E-state index contributed by atoms with van der Waals surface area (Å²) in [6, 6.07) is 14.7. The lowest BCUT2D eigenvalue weighted by atomic mass is 9.87. The zero-order chi connectivity index (χ0) is 20.0. The van der Waals surface area contributed by atoms with Crippen molar-refractivity contribution in [3.63, 3.8) is 0 Å². The van der Waals surface area contributed by atoms with E-state index in [-0.39, 0.29) is 11.4 Å². The molecule has 0 amide bonds. The molecule has 0 unspecified atom stereocenters. The minimum atomic E-state index is -0.300. The standard InChI is InChI=1S/C24H31NO2/c1-7-20-15-19(11-14-22(20)23(26)27-8-2)17-25(6)16-18-9-12-21(13-10-18)24(3,4)5/h7,9-15H,1,8,16-17H2,2-6H3. The lowest BCUT2D eigenvalue weighted by Gasteiger charge is -2.21. The van der Waals surface area contributed by atoms with Crippen molar-refractivity contribution in [2.24, 2.45) is 0 Å². The predicted molar refractivity (Wildman–Crippen MR) is 113 cm³/mol. The predicted octanol–water partition coefficient (Wildman–Crippen LogP) is 5.44. The summed E-state index contributed by atoms with van der Waals surface area (Å²) >= 11 is 0. The molecule has 0 spiro atoms. The van der Waals surface area contributed by atoms with Crippen molar-refractivity contribution in [2.45, 2.75) is 46.2 Å². The highest BCUT2D eigenvalue weighted by molar-refractivity contribution is 5.93. The van der Waals surface area contributed by atoms with Crippen LogP contribution in [0.3, 0.4) is 0 Å². The fourth-order valence-electron chi connectivity index (χ4n) is 3.06. The maximum Gasteiger partial charge on any atom is 0.338 e. The van der Waals surface area contributed by atoms with Gasteiger partial charge in [-0.25, -0.2) is 4.79 Å². The molecule has 0 aliphatic heterocycles. The molecule has 0 aliphatic rings. The Morgan fingerprint density at radius 3 is 2.22 bits per heavy atom. The molecule has 3 heteroatoms. The smallest absolute Gasteiger partial charge is 0.338 e. The van der Waals surface area contributed by atoms with E-state index in [0.717, 1.165) is 24.2 Å². The maximum atomic E-state index is 12.0. The minimum absolute atomic E-state index is 0.173. The Balaban J connectivity index is 2.06. The van der Waals surface area contributed by atoms with Gasteiger partial charge in [-0.1, -0.05) is 63.8 Å². The van der Waals surface area contributed by atoms with Gasteiger partial charge in [0.1, 0.15) is 0 Å². The molecule has 0 saturated carbocycles. The van der Waals surface area contributed by atoms with Crippen molar-refractivity contribution >= 4 is 12.0 Å². The molecule has 2 aromatic carbocycles. The number of benzene rings is 2. The fourth-order valence-corrected chi connectivity index (χ4v) is 3.06. The van der Waals surface area contributed by atoms with E-state index in [9.17, 15) is 4.79 Å². The summed E-state index contributed by atoms with van der Waals surface area (Å²) in [6.45, 7) is 14.4. The van der Waals surface area contributed by atoms with E-state index in [1.807, 2.05) is 25.1 Å². The van der Waals surface area contributed by atoms with E-state index < -0.39 is 0 Å². The van der Waals surface area contributed by atoms with Gasteiger partial charge in [-0.05, 0) is 53.8 Å². The fraction of sp³-hybridized carbons (Fsp3) is 0.375. The number of rotatable bonds is 7. The molecular formula is C24H31NO2. The quantitative estimate of drug-likeness (QED) is 0.612. The molecule has 0 radical (unpaired) electrons. The highest BCUT2D eigenvalue weighted by atomic mass is 16.5. The Labute approximate surface area is 163 Å². The van der Waals surface area contributed by atoms with Gasteiger partial charge in [0.15, 0.2) is 0 Å². The summed E-state index contributed by atoms with van der Waals surface area (Å²) in [5.41, 5.74) is 5.33. The Hall–Kier alpha value is -2.39. The first-order valence-electron chi connectivity index (χ1n) is 9.45. The van der Waals surface area contributed by atoms with E-state index in [2.05, 4.69) is 63.6 Å². The highest BCUT2D eigenvalue weighted by Crippen LogP contribution is 2.23. The second-order valence-electron chi connectivity index (χ2n) is 7.97. The molecule has 0 atom stereocenters. The van der Waals surface area contributed by atoms with Crippen molar-refractivity contribution in [1.29, 1.82) is 0 Å². The van der Waals surface area contributed by atoms with Crippen molar-refractivity contribution in [3.05, 3.63) is 76.9 Å². The summed E-state index contributed by atoms with van der Waals surface area (Å²) in [6.07, 6.45) is 1.71. The molecule has 0 saturated heterocycles. The van der Waals surface area contributed by atoms with Crippen LogP contribution in [-0.4, -0.2) is 24.5 Å².